The van der Waals surface area contributed by atoms with Crippen LogP contribution in [0.3, 0.4) is 0 Å². The first-order valence-corrected chi connectivity index (χ1v) is 11.0. The fourth-order valence-corrected chi connectivity index (χ4v) is 4.69. The zero-order chi connectivity index (χ0) is 22.1. The molecule has 0 bridgehead atoms. The predicted molar refractivity (Wildman–Crippen MR) is 122 cm³/mol. The first-order chi connectivity index (χ1) is 15.6. The van der Waals surface area contributed by atoms with Gasteiger partial charge in [0.05, 0.1) is 7.11 Å². The summed E-state index contributed by atoms with van der Waals surface area (Å²) in [4.78, 5) is 25.7. The molecule has 1 fully saturated rings. The van der Waals surface area contributed by atoms with Gasteiger partial charge >= 0.3 is 0 Å². The van der Waals surface area contributed by atoms with Crippen LogP contribution in [-0.4, -0.2) is 58.4 Å². The number of benzene rings is 2. The van der Waals surface area contributed by atoms with Gasteiger partial charge in [0.2, 0.25) is 0 Å². The summed E-state index contributed by atoms with van der Waals surface area (Å²) in [6.07, 6.45) is 1.56. The maximum Gasteiger partial charge on any atom is 0.253 e. The van der Waals surface area contributed by atoms with Crippen LogP contribution in [0.25, 0.3) is 21.5 Å². The lowest BCUT2D eigenvalue weighted by atomic mass is 10.1. The highest BCUT2D eigenvalue weighted by Gasteiger charge is 2.25. The summed E-state index contributed by atoms with van der Waals surface area (Å²) < 4.78 is 24.0. The minimum absolute atomic E-state index is 0.0860. The highest BCUT2D eigenvalue weighted by Crippen LogP contribution is 2.35. The lowest BCUT2D eigenvalue weighted by Gasteiger charge is -2.35. The number of methoxy groups -OCH3 is 1. The van der Waals surface area contributed by atoms with Crippen molar-refractivity contribution in [3.8, 4) is 17.0 Å². The minimum atomic E-state index is -0.349. The van der Waals surface area contributed by atoms with E-state index in [1.165, 1.54) is 35.8 Å². The average Bonchev–Trinajstić information content (AvgIpc) is 3.29. The van der Waals surface area contributed by atoms with Gasteiger partial charge in [-0.25, -0.2) is 14.4 Å². The van der Waals surface area contributed by atoms with Crippen LogP contribution in [0.4, 0.5) is 10.2 Å². The van der Waals surface area contributed by atoms with Gasteiger partial charge < -0.3 is 14.5 Å². The topological polar surface area (TPSA) is 71.5 Å². The molecule has 2 aromatic carbocycles. The Morgan fingerprint density at radius 3 is 2.41 bits per heavy atom. The molecule has 0 spiro atoms. The van der Waals surface area contributed by atoms with Crippen molar-refractivity contribution in [3.05, 3.63) is 66.2 Å². The first-order valence-electron chi connectivity index (χ1n) is 10.2. The van der Waals surface area contributed by atoms with Crippen LogP contribution in [0.1, 0.15) is 10.4 Å². The Morgan fingerprint density at radius 1 is 1.00 bits per heavy atom. The van der Waals surface area contributed by atoms with Crippen molar-refractivity contribution in [2.45, 2.75) is 0 Å². The Kier molecular flexibility index (Phi) is 5.40. The molecule has 162 valence electrons. The Morgan fingerprint density at radius 2 is 1.72 bits per heavy atom. The van der Waals surface area contributed by atoms with Crippen molar-refractivity contribution >= 4 is 33.5 Å². The number of ether oxygens (including phenoxy) is 1. The maximum atomic E-state index is 13.1. The number of amides is 1. The summed E-state index contributed by atoms with van der Waals surface area (Å²) in [5, 5.41) is 0. The van der Waals surface area contributed by atoms with Crippen LogP contribution in [0, 0.1) is 5.82 Å². The molecule has 1 aliphatic rings. The summed E-state index contributed by atoms with van der Waals surface area (Å²) in [7, 11) is 1.64. The van der Waals surface area contributed by atoms with Crippen LogP contribution in [-0.2, 0) is 0 Å². The van der Waals surface area contributed by atoms with Crippen LogP contribution < -0.4 is 9.64 Å². The standard InChI is InChI=1S/C23H20FN5O2S/c1-31-18-8-4-15(5-9-18)19-20-21(32-27-19)22(26-14-25-20)28-10-12-29(13-11-28)23(30)16-2-6-17(24)7-3-16/h2-9,14H,10-13H2,1H3. The molecule has 3 heterocycles. The normalized spacial score (nSPS) is 14.1. The van der Waals surface area contributed by atoms with Crippen molar-refractivity contribution in [1.82, 2.24) is 19.2 Å². The number of carbonyl (C=O) groups excluding carboxylic acids is 1. The van der Waals surface area contributed by atoms with Crippen molar-refractivity contribution < 1.29 is 13.9 Å². The van der Waals surface area contributed by atoms with E-state index in [4.69, 9.17) is 4.74 Å². The molecule has 1 aliphatic heterocycles. The monoisotopic (exact) mass is 449 g/mol. The summed E-state index contributed by atoms with van der Waals surface area (Å²) >= 11 is 1.38. The van der Waals surface area contributed by atoms with E-state index in [2.05, 4.69) is 19.2 Å². The number of hydrogen-bond acceptors (Lipinski definition) is 7. The molecular formula is C23H20FN5O2S. The van der Waals surface area contributed by atoms with Gasteiger partial charge in [-0.1, -0.05) is 0 Å². The zero-order valence-electron chi connectivity index (χ0n) is 17.4. The second kappa shape index (κ2) is 8.51. The molecule has 0 unspecified atom stereocenters. The first kappa shape index (κ1) is 20.3. The number of aromatic nitrogens is 3. The summed E-state index contributed by atoms with van der Waals surface area (Å²) in [5.41, 5.74) is 3.10. The third kappa shape index (κ3) is 3.75. The molecule has 5 rings (SSSR count). The van der Waals surface area contributed by atoms with Gasteiger partial charge in [0.15, 0.2) is 5.82 Å². The summed E-state index contributed by atoms with van der Waals surface area (Å²) in [5.74, 6) is 1.19. The number of carbonyl (C=O) groups is 1. The molecule has 0 radical (unpaired) electrons. The number of rotatable bonds is 4. The summed E-state index contributed by atoms with van der Waals surface area (Å²) in [6.45, 7) is 2.42. The smallest absolute Gasteiger partial charge is 0.253 e. The fraction of sp³-hybridized carbons (Fsp3) is 0.217. The van der Waals surface area contributed by atoms with E-state index in [1.807, 2.05) is 24.3 Å². The van der Waals surface area contributed by atoms with E-state index in [0.717, 1.165) is 33.0 Å². The molecule has 0 saturated carbocycles. The van der Waals surface area contributed by atoms with Gasteiger partial charge in [0, 0.05) is 37.3 Å². The van der Waals surface area contributed by atoms with Gasteiger partial charge in [-0.05, 0) is 60.1 Å². The SMILES string of the molecule is COc1ccc(-c2nsc3c(N4CCN(C(=O)c5ccc(F)cc5)CC4)ncnc23)cc1. The molecule has 1 amide bonds. The number of hydrogen-bond donors (Lipinski definition) is 0. The van der Waals surface area contributed by atoms with Crippen LogP contribution in [0.15, 0.2) is 54.9 Å². The third-order valence-corrected chi connectivity index (χ3v) is 6.39. The van der Waals surface area contributed by atoms with Crippen LogP contribution in [0.5, 0.6) is 5.75 Å². The molecule has 0 aliphatic carbocycles. The maximum absolute atomic E-state index is 13.1. The molecule has 32 heavy (non-hydrogen) atoms. The van der Waals surface area contributed by atoms with E-state index < -0.39 is 0 Å². The Hall–Kier alpha value is -3.59. The third-order valence-electron chi connectivity index (χ3n) is 5.56. The highest BCUT2D eigenvalue weighted by molar-refractivity contribution is 7.14. The zero-order valence-corrected chi connectivity index (χ0v) is 18.2. The molecule has 0 atom stereocenters. The lowest BCUT2D eigenvalue weighted by Crippen LogP contribution is -2.49. The Bertz CT molecular complexity index is 1250. The number of anilines is 1. The van der Waals surface area contributed by atoms with E-state index in [9.17, 15) is 9.18 Å². The van der Waals surface area contributed by atoms with E-state index in [0.29, 0.717) is 31.7 Å². The number of nitrogens with zero attached hydrogens (tertiary/aromatic N) is 5. The molecule has 0 N–H and O–H groups in total. The highest BCUT2D eigenvalue weighted by atomic mass is 32.1. The van der Waals surface area contributed by atoms with Gasteiger partial charge in [-0.3, -0.25) is 4.79 Å². The summed E-state index contributed by atoms with van der Waals surface area (Å²) in [6, 6.07) is 13.4. The Labute approximate surface area is 188 Å². The quantitative estimate of drug-likeness (QED) is 0.471. The second-order valence-electron chi connectivity index (χ2n) is 7.42. The van der Waals surface area contributed by atoms with Crippen molar-refractivity contribution in [1.29, 1.82) is 0 Å². The second-order valence-corrected chi connectivity index (χ2v) is 8.19. The molecule has 1 saturated heterocycles. The van der Waals surface area contributed by atoms with Crippen LogP contribution >= 0.6 is 11.5 Å². The fourth-order valence-electron chi connectivity index (χ4n) is 3.81. The van der Waals surface area contributed by atoms with Gasteiger partial charge in [-0.15, -0.1) is 0 Å². The molecule has 2 aromatic heterocycles. The van der Waals surface area contributed by atoms with E-state index in [1.54, 1.807) is 18.3 Å². The van der Waals surface area contributed by atoms with E-state index >= 15 is 0 Å². The minimum Gasteiger partial charge on any atom is -0.497 e. The van der Waals surface area contributed by atoms with Gasteiger partial charge in [0.25, 0.3) is 5.91 Å². The number of fused-ring (bicyclic) bond motifs is 1. The average molecular weight is 450 g/mol. The number of piperazine rings is 1. The molecule has 4 aromatic rings. The van der Waals surface area contributed by atoms with Crippen molar-refractivity contribution in [3.63, 3.8) is 0 Å². The Balaban J connectivity index is 1.35. The van der Waals surface area contributed by atoms with Crippen LogP contribution in [0.2, 0.25) is 0 Å². The predicted octanol–water partition coefficient (Wildman–Crippen LogP) is 3.86. The lowest BCUT2D eigenvalue weighted by molar-refractivity contribution is 0.0746. The van der Waals surface area contributed by atoms with Crippen molar-refractivity contribution in [2.75, 3.05) is 38.2 Å². The molecular weight excluding hydrogens is 429 g/mol. The van der Waals surface area contributed by atoms with Gasteiger partial charge in [0.1, 0.15) is 33.8 Å². The molecule has 9 heteroatoms. The largest absolute Gasteiger partial charge is 0.497 e. The number of halogens is 1. The van der Waals surface area contributed by atoms with Gasteiger partial charge in [-0.2, -0.15) is 4.37 Å². The van der Waals surface area contributed by atoms with Crippen molar-refractivity contribution in [2.24, 2.45) is 0 Å². The molecule has 7 nitrogen and oxygen atoms in total. The van der Waals surface area contributed by atoms with E-state index in [-0.39, 0.29) is 11.7 Å².